The Bertz CT molecular complexity index is 852. The van der Waals surface area contributed by atoms with Crippen molar-refractivity contribution in [1.82, 2.24) is 16.1 Å². The van der Waals surface area contributed by atoms with E-state index in [0.29, 0.717) is 11.1 Å². The van der Waals surface area contributed by atoms with Gasteiger partial charge in [0, 0.05) is 19.8 Å². The molecule has 0 saturated heterocycles. The van der Waals surface area contributed by atoms with Crippen LogP contribution in [0.15, 0.2) is 48.5 Å². The summed E-state index contributed by atoms with van der Waals surface area (Å²) in [5.74, 6) is -1.73. The molecule has 0 saturated carbocycles. The Balaban J connectivity index is 2.15. The predicted molar refractivity (Wildman–Crippen MR) is 103 cm³/mol. The molecule has 0 aliphatic rings. The topological polar surface area (TPSA) is 148 Å². The average molecular weight is 401 g/mol. The van der Waals surface area contributed by atoms with Gasteiger partial charge in [-0.2, -0.15) is 0 Å². The van der Waals surface area contributed by atoms with Crippen molar-refractivity contribution < 1.29 is 29.8 Å². The van der Waals surface area contributed by atoms with Crippen LogP contribution >= 0.6 is 0 Å². The Hall–Kier alpha value is -3.59. The first kappa shape index (κ1) is 21.7. The number of hydrogen-bond acceptors (Lipinski definition) is 6. The fourth-order valence-electron chi connectivity index (χ4n) is 2.75. The van der Waals surface area contributed by atoms with Gasteiger partial charge in [-0.15, -0.1) is 0 Å². The van der Waals surface area contributed by atoms with Crippen molar-refractivity contribution in [2.75, 3.05) is 0 Å². The molecule has 0 unspecified atom stereocenters. The first-order valence-corrected chi connectivity index (χ1v) is 8.85. The minimum absolute atomic E-state index is 0.0561. The van der Waals surface area contributed by atoms with E-state index >= 15 is 0 Å². The highest BCUT2D eigenvalue weighted by Gasteiger charge is 2.26. The van der Waals surface area contributed by atoms with Gasteiger partial charge in [0.2, 0.25) is 11.8 Å². The van der Waals surface area contributed by atoms with E-state index in [1.165, 1.54) is 36.7 Å². The summed E-state index contributed by atoms with van der Waals surface area (Å²) in [6, 6.07) is 10.1. The Labute approximate surface area is 167 Å². The van der Waals surface area contributed by atoms with Crippen molar-refractivity contribution in [2.24, 2.45) is 0 Å². The Morgan fingerprint density at radius 1 is 0.759 bits per heavy atom. The van der Waals surface area contributed by atoms with Gasteiger partial charge in [-0.25, -0.2) is 5.48 Å². The monoisotopic (exact) mass is 401 g/mol. The number of benzene rings is 2. The van der Waals surface area contributed by atoms with Crippen LogP contribution in [0.5, 0.6) is 11.5 Å². The van der Waals surface area contributed by atoms with Crippen molar-refractivity contribution in [3.05, 3.63) is 59.7 Å². The molecule has 6 N–H and O–H groups in total. The van der Waals surface area contributed by atoms with Crippen LogP contribution in [0.3, 0.4) is 0 Å². The molecular formula is C20H23N3O6. The van der Waals surface area contributed by atoms with Crippen LogP contribution < -0.4 is 16.1 Å². The first-order valence-electron chi connectivity index (χ1n) is 8.85. The maximum atomic E-state index is 12.7. The maximum absolute atomic E-state index is 12.7. The molecule has 0 spiro atoms. The summed E-state index contributed by atoms with van der Waals surface area (Å²) in [6.45, 7) is 1.27. The van der Waals surface area contributed by atoms with Gasteiger partial charge >= 0.3 is 0 Å². The van der Waals surface area contributed by atoms with Crippen LogP contribution in [0.4, 0.5) is 0 Å². The summed E-state index contributed by atoms with van der Waals surface area (Å²) in [6.07, 6.45) is 0.197. The summed E-state index contributed by atoms with van der Waals surface area (Å²) < 4.78 is 0. The van der Waals surface area contributed by atoms with Gasteiger partial charge < -0.3 is 20.8 Å². The average Bonchev–Trinajstić information content (AvgIpc) is 2.69. The van der Waals surface area contributed by atoms with Crippen molar-refractivity contribution in [3.8, 4) is 11.5 Å². The molecule has 0 aliphatic heterocycles. The van der Waals surface area contributed by atoms with E-state index in [-0.39, 0.29) is 24.3 Å². The molecule has 2 aromatic rings. The van der Waals surface area contributed by atoms with E-state index in [4.69, 9.17) is 5.21 Å². The smallest absolute Gasteiger partial charge is 0.266 e. The van der Waals surface area contributed by atoms with Crippen LogP contribution in [0, 0.1) is 0 Å². The maximum Gasteiger partial charge on any atom is 0.266 e. The molecular weight excluding hydrogens is 378 g/mol. The second kappa shape index (κ2) is 10.1. The van der Waals surface area contributed by atoms with Crippen molar-refractivity contribution >= 4 is 17.7 Å². The van der Waals surface area contributed by atoms with E-state index in [1.807, 2.05) is 0 Å². The largest absolute Gasteiger partial charge is 0.508 e. The number of nitrogens with one attached hydrogen (secondary N) is 3. The molecule has 9 heteroatoms. The van der Waals surface area contributed by atoms with E-state index < -0.39 is 29.8 Å². The molecule has 2 aromatic carbocycles. The Morgan fingerprint density at radius 3 is 1.55 bits per heavy atom. The number of carbonyl (C=O) groups excluding carboxylic acids is 3. The number of carbonyl (C=O) groups is 3. The summed E-state index contributed by atoms with van der Waals surface area (Å²) in [7, 11) is 0. The van der Waals surface area contributed by atoms with E-state index in [9.17, 15) is 24.6 Å². The standard InChI is InChI=1S/C20H23N3O6/c1-12(24)21-17(10-13-2-6-15(25)7-3-13)19(27)22-18(20(28)23-29)11-14-4-8-16(26)9-5-14/h2-9,17-18,25-26,29H,10-11H2,1H3,(H,21,24)(H,22,27)(H,23,28)/t17-,18-/m0/s1. The molecule has 2 rings (SSSR count). The highest BCUT2D eigenvalue weighted by molar-refractivity contribution is 5.91. The lowest BCUT2D eigenvalue weighted by Gasteiger charge is -2.22. The predicted octanol–water partition coefficient (Wildman–Crippen LogP) is 0.378. The van der Waals surface area contributed by atoms with E-state index in [1.54, 1.807) is 24.3 Å². The van der Waals surface area contributed by atoms with Gasteiger partial charge in [0.1, 0.15) is 23.6 Å². The van der Waals surface area contributed by atoms with Gasteiger partial charge in [0.05, 0.1) is 0 Å². The number of rotatable bonds is 8. The van der Waals surface area contributed by atoms with Crippen LogP contribution in [0.2, 0.25) is 0 Å². The van der Waals surface area contributed by atoms with Crippen molar-refractivity contribution in [3.63, 3.8) is 0 Å². The molecule has 3 amide bonds. The third kappa shape index (κ3) is 6.82. The molecule has 0 bridgehead atoms. The molecule has 0 fully saturated rings. The van der Waals surface area contributed by atoms with Crippen LogP contribution in [0.25, 0.3) is 0 Å². The number of aromatic hydroxyl groups is 2. The van der Waals surface area contributed by atoms with E-state index in [2.05, 4.69) is 10.6 Å². The summed E-state index contributed by atoms with van der Waals surface area (Å²) in [5.41, 5.74) is 2.86. The molecule has 9 nitrogen and oxygen atoms in total. The van der Waals surface area contributed by atoms with Gasteiger partial charge in [0.25, 0.3) is 5.91 Å². The lowest BCUT2D eigenvalue weighted by molar-refractivity contribution is -0.135. The third-order valence-electron chi connectivity index (χ3n) is 4.19. The summed E-state index contributed by atoms with van der Waals surface area (Å²) in [4.78, 5) is 36.3. The van der Waals surface area contributed by atoms with Crippen LogP contribution in [0.1, 0.15) is 18.1 Å². The van der Waals surface area contributed by atoms with E-state index in [0.717, 1.165) is 0 Å². The highest BCUT2D eigenvalue weighted by Crippen LogP contribution is 2.13. The molecule has 29 heavy (non-hydrogen) atoms. The van der Waals surface area contributed by atoms with Crippen molar-refractivity contribution in [1.29, 1.82) is 0 Å². The Morgan fingerprint density at radius 2 is 1.17 bits per heavy atom. The molecule has 0 aliphatic carbocycles. The first-order chi connectivity index (χ1) is 13.8. The van der Waals surface area contributed by atoms with Crippen molar-refractivity contribution in [2.45, 2.75) is 31.8 Å². The number of hydroxylamine groups is 1. The summed E-state index contributed by atoms with van der Waals surface area (Å²) in [5, 5.41) is 32.8. The molecule has 0 radical (unpaired) electrons. The summed E-state index contributed by atoms with van der Waals surface area (Å²) >= 11 is 0. The molecule has 154 valence electrons. The van der Waals surface area contributed by atoms with Crippen LogP contribution in [-0.4, -0.2) is 45.2 Å². The Kier molecular flexibility index (Phi) is 7.55. The molecule has 2 atom stereocenters. The number of phenolic OH excluding ortho intramolecular Hbond substituents is 2. The minimum Gasteiger partial charge on any atom is -0.508 e. The third-order valence-corrected chi connectivity index (χ3v) is 4.19. The van der Waals surface area contributed by atoms with Crippen LogP contribution in [-0.2, 0) is 27.2 Å². The fraction of sp³-hybridized carbons (Fsp3) is 0.250. The van der Waals surface area contributed by atoms with Gasteiger partial charge in [-0.3, -0.25) is 19.6 Å². The molecule has 0 heterocycles. The molecule has 0 aromatic heterocycles. The lowest BCUT2D eigenvalue weighted by atomic mass is 10.0. The second-order valence-corrected chi connectivity index (χ2v) is 6.53. The number of hydrogen-bond donors (Lipinski definition) is 6. The quantitative estimate of drug-likeness (QED) is 0.278. The lowest BCUT2D eigenvalue weighted by Crippen LogP contribution is -2.54. The zero-order valence-corrected chi connectivity index (χ0v) is 15.8. The zero-order chi connectivity index (χ0) is 21.4. The van der Waals surface area contributed by atoms with Gasteiger partial charge in [0.15, 0.2) is 0 Å². The normalized spacial score (nSPS) is 12.5. The SMILES string of the molecule is CC(=O)N[C@@H](Cc1ccc(O)cc1)C(=O)N[C@@H](Cc1ccc(O)cc1)C(=O)NO. The van der Waals surface area contributed by atoms with Gasteiger partial charge in [-0.1, -0.05) is 24.3 Å². The zero-order valence-electron chi connectivity index (χ0n) is 15.8. The highest BCUT2D eigenvalue weighted by atomic mass is 16.5. The van der Waals surface area contributed by atoms with Gasteiger partial charge in [-0.05, 0) is 35.4 Å². The second-order valence-electron chi connectivity index (χ2n) is 6.53. The minimum atomic E-state index is -1.10. The number of phenols is 2. The fourth-order valence-corrected chi connectivity index (χ4v) is 2.75. The number of amides is 3.